The van der Waals surface area contributed by atoms with E-state index in [1.165, 1.54) is 6.07 Å². The third-order valence-electron chi connectivity index (χ3n) is 3.67. The van der Waals surface area contributed by atoms with Crippen LogP contribution < -0.4 is 5.56 Å². The number of benzene rings is 1. The zero-order chi connectivity index (χ0) is 16.7. The first-order valence-electron chi connectivity index (χ1n) is 7.16. The topological polar surface area (TPSA) is 83.3 Å². The number of fused-ring (bicyclic) bond motifs is 1. The third kappa shape index (κ3) is 2.33. The van der Waals surface area contributed by atoms with Crippen molar-refractivity contribution in [1.29, 1.82) is 0 Å². The maximum atomic E-state index is 12.4. The van der Waals surface area contributed by atoms with Crippen LogP contribution in [0.2, 0.25) is 5.02 Å². The highest BCUT2D eigenvalue weighted by Crippen LogP contribution is 2.30. The third-order valence-corrected chi connectivity index (χ3v) is 3.92. The number of rotatable bonds is 2. The van der Waals surface area contributed by atoms with E-state index in [0.29, 0.717) is 27.6 Å². The molecule has 0 radical (unpaired) electrons. The van der Waals surface area contributed by atoms with Crippen LogP contribution in [-0.2, 0) is 0 Å². The largest absolute Gasteiger partial charge is 0.492 e. The molecule has 2 N–H and O–H groups in total. The fourth-order valence-electron chi connectivity index (χ4n) is 2.56. The van der Waals surface area contributed by atoms with Gasteiger partial charge in [0, 0.05) is 17.3 Å². The van der Waals surface area contributed by atoms with E-state index >= 15 is 0 Å². The summed E-state index contributed by atoms with van der Waals surface area (Å²) in [6.45, 7) is 0. The van der Waals surface area contributed by atoms with Crippen LogP contribution in [0, 0.1) is 0 Å². The molecule has 0 fully saturated rings. The molecule has 0 saturated heterocycles. The lowest BCUT2D eigenvalue weighted by molar-refractivity contribution is 0.450. The van der Waals surface area contributed by atoms with Crippen LogP contribution >= 0.6 is 11.6 Å². The van der Waals surface area contributed by atoms with Crippen molar-refractivity contribution in [2.45, 2.75) is 0 Å². The number of aromatic hydroxyl groups is 1. The maximum absolute atomic E-state index is 12.4. The van der Waals surface area contributed by atoms with Gasteiger partial charge in [-0.3, -0.25) is 9.78 Å². The number of nitrogens with one attached hydrogen (secondary N) is 1. The summed E-state index contributed by atoms with van der Waals surface area (Å²) in [5.41, 5.74) is 2.32. The molecule has 0 atom stereocenters. The second-order valence-electron chi connectivity index (χ2n) is 5.20. The molecule has 118 valence electrons. The summed E-state index contributed by atoms with van der Waals surface area (Å²) >= 11 is 5.91. The molecule has 0 unspecified atom stereocenters. The Morgan fingerprint density at radius 1 is 1.12 bits per heavy atom. The number of H-pyrrole nitrogens is 1. The molecule has 0 aliphatic rings. The molecule has 1 aromatic carbocycles. The summed E-state index contributed by atoms with van der Waals surface area (Å²) in [7, 11) is 0. The standard InChI is InChI=1S/C17H11ClN4O2/c18-11-6-4-10(5-7-11)13-9-14(23)22-16(20-13)15(17(24)21-22)12-3-1-2-8-19-12/h1-9,20H,(H,21,24). The normalized spacial score (nSPS) is 11.0. The Bertz CT molecular complexity index is 1090. The molecule has 0 spiro atoms. The van der Waals surface area contributed by atoms with Gasteiger partial charge in [-0.05, 0) is 29.8 Å². The molecule has 24 heavy (non-hydrogen) atoms. The van der Waals surface area contributed by atoms with Crippen LogP contribution in [0.25, 0.3) is 28.2 Å². The second kappa shape index (κ2) is 5.50. The van der Waals surface area contributed by atoms with Gasteiger partial charge in [0.2, 0.25) is 5.88 Å². The molecule has 4 aromatic rings. The molecule has 0 aliphatic carbocycles. The van der Waals surface area contributed by atoms with Gasteiger partial charge in [0.1, 0.15) is 5.56 Å². The van der Waals surface area contributed by atoms with Crippen molar-refractivity contribution in [3.05, 3.63) is 70.1 Å². The smallest absolute Gasteiger partial charge is 0.275 e. The van der Waals surface area contributed by atoms with Gasteiger partial charge in [-0.2, -0.15) is 4.52 Å². The van der Waals surface area contributed by atoms with Crippen molar-refractivity contribution >= 4 is 17.2 Å². The zero-order valence-electron chi connectivity index (χ0n) is 12.3. The highest BCUT2D eigenvalue weighted by molar-refractivity contribution is 6.30. The first kappa shape index (κ1) is 14.5. The minimum atomic E-state index is -0.355. The predicted molar refractivity (Wildman–Crippen MR) is 91.2 cm³/mol. The Morgan fingerprint density at radius 3 is 2.62 bits per heavy atom. The van der Waals surface area contributed by atoms with E-state index in [9.17, 15) is 9.90 Å². The lowest BCUT2D eigenvalue weighted by Crippen LogP contribution is -2.14. The van der Waals surface area contributed by atoms with Gasteiger partial charge in [-0.1, -0.05) is 29.8 Å². The van der Waals surface area contributed by atoms with Crippen LogP contribution in [0.15, 0.2) is 59.5 Å². The number of aromatic amines is 1. The molecule has 6 nitrogen and oxygen atoms in total. The van der Waals surface area contributed by atoms with Gasteiger partial charge in [-0.25, -0.2) is 0 Å². The fraction of sp³-hybridized carbons (Fsp3) is 0. The minimum Gasteiger partial charge on any atom is -0.492 e. The number of hydrogen-bond acceptors (Lipinski definition) is 4. The predicted octanol–water partition coefficient (Wildman–Crippen LogP) is 3.11. The van der Waals surface area contributed by atoms with Gasteiger partial charge >= 0.3 is 0 Å². The molecular formula is C17H11ClN4O2. The van der Waals surface area contributed by atoms with E-state index < -0.39 is 0 Å². The summed E-state index contributed by atoms with van der Waals surface area (Å²) in [4.78, 5) is 19.7. The Balaban J connectivity index is 2.00. The molecule has 0 bridgehead atoms. The molecule has 0 amide bonds. The fourth-order valence-corrected chi connectivity index (χ4v) is 2.69. The van der Waals surface area contributed by atoms with Crippen LogP contribution in [0.5, 0.6) is 5.88 Å². The van der Waals surface area contributed by atoms with E-state index in [1.807, 2.05) is 0 Å². The lowest BCUT2D eigenvalue weighted by atomic mass is 10.1. The summed E-state index contributed by atoms with van der Waals surface area (Å²) in [5, 5.41) is 14.7. The highest BCUT2D eigenvalue weighted by Gasteiger charge is 2.18. The SMILES string of the molecule is O=c1cc(-c2ccc(Cl)cc2)[nH]c2c(-c3ccccn3)c(O)nn12. The van der Waals surface area contributed by atoms with Crippen LogP contribution in [0.3, 0.4) is 0 Å². The van der Waals surface area contributed by atoms with Gasteiger partial charge in [0.15, 0.2) is 5.65 Å². The summed E-state index contributed by atoms with van der Waals surface area (Å²) < 4.78 is 1.12. The van der Waals surface area contributed by atoms with Gasteiger partial charge in [-0.15, -0.1) is 5.10 Å². The van der Waals surface area contributed by atoms with Crippen molar-refractivity contribution in [3.8, 4) is 28.4 Å². The average Bonchev–Trinajstić information content (AvgIpc) is 2.93. The molecule has 7 heteroatoms. The summed E-state index contributed by atoms with van der Waals surface area (Å²) in [6.07, 6.45) is 1.61. The molecule has 4 rings (SSSR count). The van der Waals surface area contributed by atoms with Crippen LogP contribution in [0.1, 0.15) is 0 Å². The van der Waals surface area contributed by atoms with E-state index in [1.54, 1.807) is 48.7 Å². The van der Waals surface area contributed by atoms with Gasteiger partial charge < -0.3 is 10.1 Å². The Kier molecular flexibility index (Phi) is 3.32. The van der Waals surface area contributed by atoms with Crippen molar-refractivity contribution in [2.75, 3.05) is 0 Å². The van der Waals surface area contributed by atoms with Crippen LogP contribution in [-0.4, -0.2) is 24.7 Å². The highest BCUT2D eigenvalue weighted by atomic mass is 35.5. The molecule has 3 heterocycles. The first-order chi connectivity index (χ1) is 11.6. The van der Waals surface area contributed by atoms with Gasteiger partial charge in [0.05, 0.1) is 11.4 Å². The number of nitrogens with zero attached hydrogens (tertiary/aromatic N) is 3. The molecule has 0 aliphatic heterocycles. The number of pyridine rings is 1. The average molecular weight is 339 g/mol. The van der Waals surface area contributed by atoms with E-state index in [0.717, 1.165) is 10.1 Å². The minimum absolute atomic E-state index is 0.254. The molecule has 3 aromatic heterocycles. The second-order valence-corrected chi connectivity index (χ2v) is 5.64. The maximum Gasteiger partial charge on any atom is 0.275 e. The Hall–Kier alpha value is -3.12. The van der Waals surface area contributed by atoms with Crippen molar-refractivity contribution < 1.29 is 5.11 Å². The number of halogens is 1. The number of aromatic nitrogens is 4. The van der Waals surface area contributed by atoms with Crippen molar-refractivity contribution in [1.82, 2.24) is 19.6 Å². The van der Waals surface area contributed by atoms with Gasteiger partial charge in [0.25, 0.3) is 5.56 Å². The Labute approximate surface area is 141 Å². The quantitative estimate of drug-likeness (QED) is 0.588. The van der Waals surface area contributed by atoms with Crippen molar-refractivity contribution in [3.63, 3.8) is 0 Å². The lowest BCUT2D eigenvalue weighted by Gasteiger charge is -2.04. The summed E-state index contributed by atoms with van der Waals surface area (Å²) in [6, 6.07) is 13.8. The molecular weight excluding hydrogens is 328 g/mol. The summed E-state index contributed by atoms with van der Waals surface area (Å²) in [5.74, 6) is -0.254. The zero-order valence-corrected chi connectivity index (χ0v) is 13.0. The van der Waals surface area contributed by atoms with E-state index in [4.69, 9.17) is 11.6 Å². The molecule has 0 saturated carbocycles. The van der Waals surface area contributed by atoms with Crippen LogP contribution in [0.4, 0.5) is 0 Å². The monoisotopic (exact) mass is 338 g/mol. The Morgan fingerprint density at radius 2 is 1.92 bits per heavy atom. The van der Waals surface area contributed by atoms with E-state index in [-0.39, 0.29) is 11.4 Å². The van der Waals surface area contributed by atoms with Crippen molar-refractivity contribution in [2.24, 2.45) is 0 Å². The number of hydrogen-bond donors (Lipinski definition) is 2. The first-order valence-corrected chi connectivity index (χ1v) is 7.53. The van der Waals surface area contributed by atoms with E-state index in [2.05, 4.69) is 15.1 Å².